The van der Waals surface area contributed by atoms with Crippen molar-refractivity contribution in [3.8, 4) is 23.0 Å². The molecule has 0 atom stereocenters. The second kappa shape index (κ2) is 8.06. The summed E-state index contributed by atoms with van der Waals surface area (Å²) >= 11 is 14.0. The SMILES string of the molecule is Cc1ccc2c(c1)c1cc3c(cc1n2C)Oc1c(Cl)c2c(c(Cl)c1=N3)Oc1cc3c(cc1N=2)c1ccc(C)cc1n3C. The molecule has 2 aliphatic heterocycles. The van der Waals surface area contributed by atoms with Gasteiger partial charge in [0, 0.05) is 58.8 Å². The zero-order chi connectivity index (χ0) is 28.6. The summed E-state index contributed by atoms with van der Waals surface area (Å²) in [5.41, 5.74) is 8.15. The van der Waals surface area contributed by atoms with Crippen molar-refractivity contribution >= 4 is 78.2 Å². The molecule has 9 rings (SSSR count). The van der Waals surface area contributed by atoms with E-state index in [1.54, 1.807) is 0 Å². The second-order valence-corrected chi connectivity index (χ2v) is 12.0. The Balaban J connectivity index is 1.27. The molecule has 4 heterocycles. The van der Waals surface area contributed by atoms with Crippen molar-refractivity contribution < 1.29 is 9.47 Å². The van der Waals surface area contributed by atoms with Gasteiger partial charge in [0.05, 0.1) is 11.0 Å². The number of nitrogens with zero attached hydrogens (tertiary/aromatic N) is 4. The number of hydrogen-bond donors (Lipinski definition) is 0. The zero-order valence-electron chi connectivity index (χ0n) is 23.1. The predicted octanol–water partition coefficient (Wildman–Crippen LogP) is 9.01. The number of hydrogen-bond acceptors (Lipinski definition) is 4. The molecule has 2 aromatic heterocycles. The Morgan fingerprint density at radius 1 is 0.548 bits per heavy atom. The van der Waals surface area contributed by atoms with E-state index >= 15 is 0 Å². The molecule has 6 nitrogen and oxygen atoms in total. The first-order valence-electron chi connectivity index (χ1n) is 13.7. The molecule has 0 saturated heterocycles. The third kappa shape index (κ3) is 3.06. The van der Waals surface area contributed by atoms with E-state index in [1.165, 1.54) is 16.5 Å². The summed E-state index contributed by atoms with van der Waals surface area (Å²) in [7, 11) is 4.12. The number of benzene rings is 5. The van der Waals surface area contributed by atoms with E-state index in [0.717, 1.165) is 38.2 Å². The van der Waals surface area contributed by atoms with E-state index in [9.17, 15) is 0 Å². The van der Waals surface area contributed by atoms with Gasteiger partial charge in [0.1, 0.15) is 32.1 Å². The van der Waals surface area contributed by atoms with E-state index < -0.39 is 0 Å². The van der Waals surface area contributed by atoms with Crippen LogP contribution in [0.1, 0.15) is 11.1 Å². The van der Waals surface area contributed by atoms with Crippen molar-refractivity contribution in [1.29, 1.82) is 0 Å². The summed E-state index contributed by atoms with van der Waals surface area (Å²) < 4.78 is 17.2. The Hall–Kier alpha value is -4.52. The van der Waals surface area contributed by atoms with Gasteiger partial charge < -0.3 is 18.6 Å². The lowest BCUT2D eigenvalue weighted by Crippen LogP contribution is -2.22. The maximum atomic E-state index is 6.99. The Labute approximate surface area is 249 Å². The fraction of sp³-hybridized carbons (Fsp3) is 0.118. The molecule has 2 aliphatic rings. The standard InChI is InChI=1S/C34H22Cl2N4O2/c1-15-6-8-23-18(9-15)20-12-22-28(14-26(20)39(23)3)42-34-29(35)31-33(30(36)32(34)38-22)41-27-13-25-19(11-21(27)37-31)17-7-5-16(2)10-24(17)40(25)4/h5-14H,1-4H3. The van der Waals surface area contributed by atoms with Gasteiger partial charge in [0.25, 0.3) is 0 Å². The molecule has 204 valence electrons. The van der Waals surface area contributed by atoms with Crippen LogP contribution in [0.15, 0.2) is 70.6 Å². The minimum Gasteiger partial charge on any atom is -0.451 e. The molecular weight excluding hydrogens is 567 g/mol. The molecule has 0 N–H and O–H groups in total. The first-order chi connectivity index (χ1) is 20.3. The first kappa shape index (κ1) is 24.1. The lowest BCUT2D eigenvalue weighted by molar-refractivity contribution is 0.452. The average molecular weight is 589 g/mol. The van der Waals surface area contributed by atoms with Crippen LogP contribution in [-0.2, 0) is 14.1 Å². The largest absolute Gasteiger partial charge is 0.451 e. The van der Waals surface area contributed by atoms with Gasteiger partial charge in [-0.3, -0.25) is 0 Å². The summed E-state index contributed by atoms with van der Waals surface area (Å²) in [6.45, 7) is 4.20. The summed E-state index contributed by atoms with van der Waals surface area (Å²) in [5.74, 6) is 1.97. The molecule has 0 fully saturated rings. The Morgan fingerprint density at radius 3 is 1.64 bits per heavy atom. The van der Waals surface area contributed by atoms with Gasteiger partial charge in [-0.1, -0.05) is 47.0 Å². The third-order valence-electron chi connectivity index (χ3n) is 8.62. The summed E-state index contributed by atoms with van der Waals surface area (Å²) in [6, 6.07) is 21.0. The van der Waals surface area contributed by atoms with Crippen LogP contribution in [0.5, 0.6) is 23.0 Å². The number of halogens is 2. The first-order valence-corrected chi connectivity index (χ1v) is 14.4. The van der Waals surface area contributed by atoms with Crippen LogP contribution in [0.4, 0.5) is 11.4 Å². The molecule has 7 aromatic rings. The van der Waals surface area contributed by atoms with Gasteiger partial charge >= 0.3 is 0 Å². The van der Waals surface area contributed by atoms with E-state index in [1.807, 2.05) is 18.2 Å². The number of aromatic nitrogens is 2. The third-order valence-corrected chi connectivity index (χ3v) is 9.32. The molecule has 0 saturated carbocycles. The molecule has 5 aromatic carbocycles. The summed E-state index contributed by atoms with van der Waals surface area (Å²) in [4.78, 5) is 9.89. The minimum absolute atomic E-state index is 0.311. The highest BCUT2D eigenvalue weighted by Crippen LogP contribution is 2.46. The molecule has 8 heteroatoms. The summed E-state index contributed by atoms with van der Waals surface area (Å²) in [6.07, 6.45) is 0. The van der Waals surface area contributed by atoms with E-state index in [-0.39, 0.29) is 0 Å². The fourth-order valence-corrected chi connectivity index (χ4v) is 6.99. The van der Waals surface area contributed by atoms with Gasteiger partial charge in [-0.25, -0.2) is 9.98 Å². The van der Waals surface area contributed by atoms with Gasteiger partial charge in [-0.15, -0.1) is 0 Å². The van der Waals surface area contributed by atoms with Crippen LogP contribution >= 0.6 is 23.2 Å². The smallest absolute Gasteiger partial charge is 0.175 e. The maximum Gasteiger partial charge on any atom is 0.175 e. The molecule has 0 aliphatic carbocycles. The van der Waals surface area contributed by atoms with Crippen LogP contribution in [0.2, 0.25) is 10.0 Å². The molecule has 0 unspecified atom stereocenters. The van der Waals surface area contributed by atoms with E-state index in [4.69, 9.17) is 42.7 Å². The topological polar surface area (TPSA) is 53.0 Å². The van der Waals surface area contributed by atoms with E-state index in [2.05, 4.69) is 79.5 Å². The van der Waals surface area contributed by atoms with Crippen molar-refractivity contribution in [2.45, 2.75) is 13.8 Å². The van der Waals surface area contributed by atoms with Crippen LogP contribution in [0, 0.1) is 13.8 Å². The average Bonchev–Trinajstić information content (AvgIpc) is 3.41. The Bertz CT molecular complexity index is 2540. The quantitative estimate of drug-likeness (QED) is 0.177. The minimum atomic E-state index is 0.311. The molecule has 0 bridgehead atoms. The van der Waals surface area contributed by atoms with Crippen LogP contribution in [-0.4, -0.2) is 9.13 Å². The predicted molar refractivity (Wildman–Crippen MR) is 169 cm³/mol. The second-order valence-electron chi connectivity index (χ2n) is 11.2. The monoisotopic (exact) mass is 588 g/mol. The highest BCUT2D eigenvalue weighted by molar-refractivity contribution is 6.35. The van der Waals surface area contributed by atoms with Crippen LogP contribution < -0.4 is 20.2 Å². The van der Waals surface area contributed by atoms with Crippen molar-refractivity contribution in [2.75, 3.05) is 0 Å². The number of ether oxygens (including phenoxy) is 2. The van der Waals surface area contributed by atoms with Gasteiger partial charge in [-0.05, 0) is 49.7 Å². The van der Waals surface area contributed by atoms with Gasteiger partial charge in [0.2, 0.25) is 0 Å². The van der Waals surface area contributed by atoms with Crippen molar-refractivity contribution in [3.05, 3.63) is 92.6 Å². The van der Waals surface area contributed by atoms with E-state index in [0.29, 0.717) is 55.1 Å². The van der Waals surface area contributed by atoms with Crippen LogP contribution in [0.25, 0.3) is 43.6 Å². The van der Waals surface area contributed by atoms with Crippen molar-refractivity contribution in [2.24, 2.45) is 24.1 Å². The van der Waals surface area contributed by atoms with Gasteiger partial charge in [0.15, 0.2) is 23.0 Å². The maximum absolute atomic E-state index is 6.99. The lowest BCUT2D eigenvalue weighted by Gasteiger charge is -2.21. The van der Waals surface area contributed by atoms with Crippen molar-refractivity contribution in [1.82, 2.24) is 9.13 Å². The lowest BCUT2D eigenvalue weighted by atomic mass is 10.1. The number of rotatable bonds is 0. The molecule has 42 heavy (non-hydrogen) atoms. The molecule has 0 radical (unpaired) electrons. The number of aryl methyl sites for hydroxylation is 4. The summed E-state index contributed by atoms with van der Waals surface area (Å²) in [5, 5.41) is 6.00. The Kier molecular flexibility index (Phi) is 4.63. The number of fused-ring (bicyclic) bond motifs is 10. The highest BCUT2D eigenvalue weighted by Gasteiger charge is 2.28. The van der Waals surface area contributed by atoms with Crippen molar-refractivity contribution in [3.63, 3.8) is 0 Å². The normalized spacial score (nSPS) is 13.3. The fourth-order valence-electron chi connectivity index (χ4n) is 6.47. The van der Waals surface area contributed by atoms with Gasteiger partial charge in [-0.2, -0.15) is 0 Å². The molecular formula is C34H22Cl2N4O2. The van der Waals surface area contributed by atoms with Crippen LogP contribution in [0.3, 0.4) is 0 Å². The molecule has 0 amide bonds. The Morgan fingerprint density at radius 2 is 1.02 bits per heavy atom. The highest BCUT2D eigenvalue weighted by atomic mass is 35.5. The zero-order valence-corrected chi connectivity index (χ0v) is 24.6. The molecule has 0 spiro atoms.